The molecule has 4 nitrogen and oxygen atoms in total. The molecule has 1 saturated carbocycles. The van der Waals surface area contributed by atoms with Gasteiger partial charge in [-0.2, -0.15) is 0 Å². The number of fused-ring (bicyclic) bond motifs is 2. The smallest absolute Gasteiger partial charge is 0.224 e. The molecule has 4 rings (SSSR count). The van der Waals surface area contributed by atoms with Crippen molar-refractivity contribution < 1.29 is 4.79 Å². The van der Waals surface area contributed by atoms with Crippen LogP contribution in [-0.4, -0.2) is 34.5 Å². The lowest BCUT2D eigenvalue weighted by atomic mass is 9.98. The first-order valence-electron chi connectivity index (χ1n) is 8.39. The first kappa shape index (κ1) is 15.0. The van der Waals surface area contributed by atoms with Crippen LogP contribution in [0.3, 0.4) is 0 Å². The lowest BCUT2D eigenvalue weighted by Gasteiger charge is -2.19. The highest BCUT2D eigenvalue weighted by Gasteiger charge is 2.42. The number of carbonyl (C=O) groups excluding carboxylic acids is 1. The van der Waals surface area contributed by atoms with Gasteiger partial charge in [-0.3, -0.25) is 4.79 Å². The summed E-state index contributed by atoms with van der Waals surface area (Å²) >= 11 is 6.02. The maximum absolute atomic E-state index is 12.5. The van der Waals surface area contributed by atoms with E-state index in [1.165, 1.54) is 6.42 Å². The first-order chi connectivity index (χ1) is 11.1. The molecule has 1 aliphatic heterocycles. The van der Waals surface area contributed by atoms with Crippen LogP contribution in [0.4, 0.5) is 0 Å². The third-order valence-electron chi connectivity index (χ3n) is 5.56. The number of hydrogen-bond donors (Lipinski definition) is 1. The molecular weight excluding hydrogens is 310 g/mol. The summed E-state index contributed by atoms with van der Waals surface area (Å²) in [6, 6.07) is 8.20. The second-order valence-electron chi connectivity index (χ2n) is 6.93. The fourth-order valence-corrected chi connectivity index (χ4v) is 4.43. The lowest BCUT2D eigenvalue weighted by molar-refractivity contribution is -0.130. The molecule has 23 heavy (non-hydrogen) atoms. The summed E-state index contributed by atoms with van der Waals surface area (Å²) in [4.78, 5) is 14.5. The quantitative estimate of drug-likeness (QED) is 0.940. The van der Waals surface area contributed by atoms with Crippen molar-refractivity contribution in [3.05, 3.63) is 35.5 Å². The van der Waals surface area contributed by atoms with E-state index in [2.05, 4.69) is 4.57 Å². The number of benzene rings is 1. The molecule has 3 unspecified atom stereocenters. The Hall–Kier alpha value is -1.52. The van der Waals surface area contributed by atoms with Crippen LogP contribution in [0.5, 0.6) is 0 Å². The SMILES string of the molecule is NC1CCC2CN(C(=O)CCn3ccc4cc(Cl)ccc43)CC12. The van der Waals surface area contributed by atoms with Gasteiger partial charge in [-0.1, -0.05) is 11.6 Å². The van der Waals surface area contributed by atoms with E-state index in [-0.39, 0.29) is 11.9 Å². The number of likely N-dealkylation sites (tertiary alicyclic amines) is 1. The first-order valence-corrected chi connectivity index (χ1v) is 8.77. The molecule has 1 aromatic heterocycles. The predicted molar refractivity (Wildman–Crippen MR) is 92.3 cm³/mol. The zero-order chi connectivity index (χ0) is 16.0. The molecule has 1 aromatic carbocycles. The minimum atomic E-state index is 0.252. The van der Waals surface area contributed by atoms with Gasteiger partial charge in [0.05, 0.1) is 0 Å². The Morgan fingerprint density at radius 2 is 2.13 bits per heavy atom. The Morgan fingerprint density at radius 3 is 2.96 bits per heavy atom. The van der Waals surface area contributed by atoms with Crippen LogP contribution in [0.15, 0.2) is 30.5 Å². The van der Waals surface area contributed by atoms with Gasteiger partial charge in [0, 0.05) is 54.2 Å². The summed E-state index contributed by atoms with van der Waals surface area (Å²) in [5.74, 6) is 1.40. The van der Waals surface area contributed by atoms with E-state index in [4.69, 9.17) is 17.3 Å². The van der Waals surface area contributed by atoms with E-state index in [1.54, 1.807) is 0 Å². The summed E-state index contributed by atoms with van der Waals surface area (Å²) in [5, 5.41) is 1.86. The minimum absolute atomic E-state index is 0.252. The van der Waals surface area contributed by atoms with Crippen molar-refractivity contribution in [2.45, 2.75) is 31.8 Å². The molecule has 5 heteroatoms. The summed E-state index contributed by atoms with van der Waals surface area (Å²) in [6.45, 7) is 2.47. The molecule has 3 atom stereocenters. The second kappa shape index (κ2) is 5.84. The number of nitrogens with zero attached hydrogens (tertiary/aromatic N) is 2. The normalized spacial score (nSPS) is 26.9. The van der Waals surface area contributed by atoms with E-state index in [0.29, 0.717) is 24.8 Å². The Bertz CT molecular complexity index is 741. The van der Waals surface area contributed by atoms with Crippen molar-refractivity contribution in [1.29, 1.82) is 0 Å². The third kappa shape index (κ3) is 2.74. The van der Waals surface area contributed by atoms with Crippen LogP contribution in [0.25, 0.3) is 10.9 Å². The zero-order valence-electron chi connectivity index (χ0n) is 13.1. The molecule has 0 spiro atoms. The summed E-state index contributed by atoms with van der Waals surface area (Å²) in [7, 11) is 0. The lowest BCUT2D eigenvalue weighted by Crippen LogP contribution is -2.33. The largest absolute Gasteiger partial charge is 0.347 e. The number of aryl methyl sites for hydroxylation is 1. The van der Waals surface area contributed by atoms with E-state index in [0.717, 1.165) is 35.4 Å². The van der Waals surface area contributed by atoms with Crippen molar-refractivity contribution in [3.63, 3.8) is 0 Å². The summed E-state index contributed by atoms with van der Waals surface area (Å²) < 4.78 is 2.13. The summed E-state index contributed by atoms with van der Waals surface area (Å²) in [5.41, 5.74) is 7.28. The summed E-state index contributed by atoms with van der Waals surface area (Å²) in [6.07, 6.45) is 4.87. The molecule has 2 fully saturated rings. The molecule has 1 aliphatic carbocycles. The van der Waals surface area contributed by atoms with Crippen LogP contribution in [-0.2, 0) is 11.3 Å². The maximum atomic E-state index is 12.5. The van der Waals surface area contributed by atoms with Crippen molar-refractivity contribution in [1.82, 2.24) is 9.47 Å². The van der Waals surface area contributed by atoms with Crippen LogP contribution in [0.1, 0.15) is 19.3 Å². The Labute approximate surface area is 141 Å². The molecule has 1 amide bonds. The van der Waals surface area contributed by atoms with Gasteiger partial charge in [0.15, 0.2) is 0 Å². The van der Waals surface area contributed by atoms with Crippen LogP contribution >= 0.6 is 11.6 Å². The predicted octanol–water partition coefficient (Wildman–Crippen LogP) is 2.88. The number of amides is 1. The van der Waals surface area contributed by atoms with Crippen molar-refractivity contribution in [3.8, 4) is 0 Å². The highest BCUT2D eigenvalue weighted by Crippen LogP contribution is 2.37. The molecule has 122 valence electrons. The van der Waals surface area contributed by atoms with Crippen LogP contribution in [0.2, 0.25) is 5.02 Å². The number of rotatable bonds is 3. The van der Waals surface area contributed by atoms with Crippen molar-refractivity contribution in [2.24, 2.45) is 17.6 Å². The Morgan fingerprint density at radius 1 is 1.26 bits per heavy atom. The second-order valence-corrected chi connectivity index (χ2v) is 7.36. The van der Waals surface area contributed by atoms with Gasteiger partial charge in [-0.05, 0) is 48.9 Å². The highest BCUT2D eigenvalue weighted by molar-refractivity contribution is 6.31. The van der Waals surface area contributed by atoms with Gasteiger partial charge in [-0.15, -0.1) is 0 Å². The molecule has 1 saturated heterocycles. The molecule has 2 heterocycles. The Kier molecular flexibility index (Phi) is 3.82. The fraction of sp³-hybridized carbons (Fsp3) is 0.500. The van der Waals surface area contributed by atoms with Crippen molar-refractivity contribution in [2.75, 3.05) is 13.1 Å². The standard InChI is InChI=1S/C18H22ClN3O/c19-14-2-4-17-12(9-14)5-7-21(17)8-6-18(23)22-10-13-1-3-16(20)15(13)11-22/h2,4-5,7,9,13,15-16H,1,3,6,8,10-11,20H2. The van der Waals surface area contributed by atoms with Gasteiger partial charge < -0.3 is 15.2 Å². The van der Waals surface area contributed by atoms with Crippen molar-refractivity contribution >= 4 is 28.4 Å². The minimum Gasteiger partial charge on any atom is -0.347 e. The average Bonchev–Trinajstić information content (AvgIpc) is 3.21. The van der Waals surface area contributed by atoms with E-state index < -0.39 is 0 Å². The number of nitrogens with two attached hydrogens (primary N) is 1. The van der Waals surface area contributed by atoms with Gasteiger partial charge >= 0.3 is 0 Å². The van der Waals surface area contributed by atoms with E-state index >= 15 is 0 Å². The van der Waals surface area contributed by atoms with Gasteiger partial charge in [-0.25, -0.2) is 0 Å². The zero-order valence-corrected chi connectivity index (χ0v) is 13.9. The van der Waals surface area contributed by atoms with Crippen LogP contribution in [0, 0.1) is 11.8 Å². The Balaban J connectivity index is 1.40. The van der Waals surface area contributed by atoms with Gasteiger partial charge in [0.2, 0.25) is 5.91 Å². The molecule has 2 N–H and O–H groups in total. The number of halogens is 1. The molecule has 0 radical (unpaired) electrons. The average molecular weight is 332 g/mol. The third-order valence-corrected chi connectivity index (χ3v) is 5.80. The number of carbonyl (C=O) groups is 1. The van der Waals surface area contributed by atoms with E-state index in [9.17, 15) is 4.79 Å². The molecule has 0 bridgehead atoms. The van der Waals surface area contributed by atoms with E-state index in [1.807, 2.05) is 35.4 Å². The van der Waals surface area contributed by atoms with Gasteiger partial charge in [0.1, 0.15) is 0 Å². The monoisotopic (exact) mass is 331 g/mol. The van der Waals surface area contributed by atoms with Gasteiger partial charge in [0.25, 0.3) is 0 Å². The maximum Gasteiger partial charge on any atom is 0.224 e. The topological polar surface area (TPSA) is 51.3 Å². The number of hydrogen-bond acceptors (Lipinski definition) is 2. The van der Waals surface area contributed by atoms with Crippen LogP contribution < -0.4 is 5.73 Å². The molecular formula is C18H22ClN3O. The molecule has 2 aromatic rings. The number of aromatic nitrogens is 1. The molecule has 2 aliphatic rings. The fourth-order valence-electron chi connectivity index (χ4n) is 4.25. The highest BCUT2D eigenvalue weighted by atomic mass is 35.5.